The molecule has 1 amide bonds. The van der Waals surface area contributed by atoms with Gasteiger partial charge in [0.15, 0.2) is 0 Å². The Hall–Kier alpha value is -1.08. The lowest BCUT2D eigenvalue weighted by atomic mass is 10.1. The highest BCUT2D eigenvalue weighted by molar-refractivity contribution is 9.10. The maximum absolute atomic E-state index is 12.2. The molecule has 0 saturated carbocycles. The van der Waals surface area contributed by atoms with Gasteiger partial charge >= 0.3 is 12.1 Å². The molecule has 0 aliphatic heterocycles. The van der Waals surface area contributed by atoms with Crippen molar-refractivity contribution < 1.29 is 18.0 Å². The van der Waals surface area contributed by atoms with Crippen molar-refractivity contribution in [3.63, 3.8) is 0 Å². The van der Waals surface area contributed by atoms with Crippen LogP contribution in [0.15, 0.2) is 22.7 Å². The van der Waals surface area contributed by atoms with E-state index in [0.29, 0.717) is 16.6 Å². The summed E-state index contributed by atoms with van der Waals surface area (Å²) in [6, 6.07) is 4.82. The first-order chi connectivity index (χ1) is 8.20. The van der Waals surface area contributed by atoms with Crippen molar-refractivity contribution in [1.82, 2.24) is 4.90 Å². The fourth-order valence-electron chi connectivity index (χ4n) is 1.34. The molecule has 0 unspecified atom stereocenters. The molecule has 1 aromatic rings. The van der Waals surface area contributed by atoms with E-state index in [-0.39, 0.29) is 5.69 Å². The maximum Gasteiger partial charge on any atom is 0.471 e. The Balaban J connectivity index is 2.99. The fourth-order valence-corrected chi connectivity index (χ4v) is 1.70. The summed E-state index contributed by atoms with van der Waals surface area (Å²) in [7, 11) is 3.58. The van der Waals surface area contributed by atoms with E-state index in [2.05, 4.69) is 15.9 Å². The normalized spacial score (nSPS) is 11.7. The molecule has 0 heterocycles. The third kappa shape index (κ3) is 4.30. The average molecular weight is 325 g/mol. The molecule has 0 aliphatic carbocycles. The fraction of sp³-hybridized carbons (Fsp3) is 0.364. The van der Waals surface area contributed by atoms with Crippen LogP contribution in [0.5, 0.6) is 0 Å². The van der Waals surface area contributed by atoms with E-state index in [1.807, 2.05) is 5.32 Å². The number of rotatable bonds is 3. The molecular formula is C11H12BrF3N2O. The molecule has 1 rings (SSSR count). The minimum atomic E-state index is -4.89. The maximum atomic E-state index is 12.2. The van der Waals surface area contributed by atoms with Crippen molar-refractivity contribution in [3.05, 3.63) is 28.2 Å². The van der Waals surface area contributed by atoms with Crippen molar-refractivity contribution in [2.45, 2.75) is 12.7 Å². The topological polar surface area (TPSA) is 32.3 Å². The summed E-state index contributed by atoms with van der Waals surface area (Å²) in [5.74, 6) is -1.97. The highest BCUT2D eigenvalue weighted by atomic mass is 79.9. The summed E-state index contributed by atoms with van der Waals surface area (Å²) in [5, 5.41) is 1.88. The van der Waals surface area contributed by atoms with Gasteiger partial charge in [-0.25, -0.2) is 0 Å². The summed E-state index contributed by atoms with van der Waals surface area (Å²) >= 11 is 3.16. The molecular weight excluding hydrogens is 313 g/mol. The van der Waals surface area contributed by atoms with Crippen LogP contribution in [-0.2, 0) is 11.3 Å². The molecule has 1 aromatic carbocycles. The van der Waals surface area contributed by atoms with Crippen LogP contribution in [0.2, 0.25) is 0 Å². The first-order valence-corrected chi connectivity index (χ1v) is 5.81. The summed E-state index contributed by atoms with van der Waals surface area (Å²) in [4.78, 5) is 12.7. The number of nitrogens with one attached hydrogen (secondary N) is 1. The van der Waals surface area contributed by atoms with Gasteiger partial charge in [0.1, 0.15) is 0 Å². The smallest absolute Gasteiger partial charge is 0.318 e. The van der Waals surface area contributed by atoms with E-state index >= 15 is 0 Å². The predicted molar refractivity (Wildman–Crippen MR) is 66.2 cm³/mol. The third-order valence-corrected chi connectivity index (χ3v) is 2.56. The molecule has 7 heteroatoms. The van der Waals surface area contributed by atoms with Crippen LogP contribution in [0.4, 0.5) is 18.9 Å². The zero-order valence-corrected chi connectivity index (χ0v) is 11.4. The van der Waals surface area contributed by atoms with Crippen molar-refractivity contribution in [3.8, 4) is 0 Å². The largest absolute Gasteiger partial charge is 0.471 e. The number of alkyl halides is 3. The van der Waals surface area contributed by atoms with Crippen LogP contribution in [-0.4, -0.2) is 31.1 Å². The number of halogens is 4. The Labute approximate surface area is 111 Å². The van der Waals surface area contributed by atoms with Crippen molar-refractivity contribution in [2.75, 3.05) is 19.4 Å². The average Bonchev–Trinajstić information content (AvgIpc) is 2.20. The number of carbonyl (C=O) groups excluding carboxylic acids is 1. The quantitative estimate of drug-likeness (QED) is 0.927. The van der Waals surface area contributed by atoms with E-state index in [1.54, 1.807) is 31.1 Å². The van der Waals surface area contributed by atoms with Gasteiger partial charge in [0.05, 0.1) is 0 Å². The number of benzene rings is 1. The Kier molecular flexibility index (Phi) is 4.75. The molecule has 0 aliphatic rings. The number of anilines is 1. The van der Waals surface area contributed by atoms with Crippen LogP contribution in [0, 0.1) is 0 Å². The summed E-state index contributed by atoms with van der Waals surface area (Å²) < 4.78 is 37.2. The SMILES string of the molecule is CN(C)Cc1ccc(Br)cc1NC(=O)C(F)(F)F. The van der Waals surface area contributed by atoms with Crippen molar-refractivity contribution >= 4 is 27.5 Å². The molecule has 0 bridgehead atoms. The number of carbonyl (C=O) groups is 1. The Morgan fingerprint density at radius 2 is 2.00 bits per heavy atom. The summed E-state index contributed by atoms with van der Waals surface area (Å²) in [6.07, 6.45) is -4.89. The van der Waals surface area contributed by atoms with E-state index < -0.39 is 12.1 Å². The molecule has 0 radical (unpaired) electrons. The minimum absolute atomic E-state index is 0.153. The molecule has 0 aromatic heterocycles. The lowest BCUT2D eigenvalue weighted by molar-refractivity contribution is -0.167. The van der Waals surface area contributed by atoms with Gasteiger partial charge in [0.2, 0.25) is 0 Å². The molecule has 0 saturated heterocycles. The molecule has 0 spiro atoms. The minimum Gasteiger partial charge on any atom is -0.318 e. The lowest BCUT2D eigenvalue weighted by Gasteiger charge is -2.16. The second-order valence-corrected chi connectivity index (χ2v) is 4.91. The van der Waals surface area contributed by atoms with Gasteiger partial charge in [-0.2, -0.15) is 13.2 Å². The second kappa shape index (κ2) is 5.71. The van der Waals surface area contributed by atoms with Crippen LogP contribution in [0.25, 0.3) is 0 Å². The molecule has 0 fully saturated rings. The van der Waals surface area contributed by atoms with E-state index in [4.69, 9.17) is 0 Å². The van der Waals surface area contributed by atoms with Crippen molar-refractivity contribution in [2.24, 2.45) is 0 Å². The molecule has 18 heavy (non-hydrogen) atoms. The Morgan fingerprint density at radius 1 is 1.39 bits per heavy atom. The summed E-state index contributed by atoms with van der Waals surface area (Å²) in [5.41, 5.74) is 0.765. The van der Waals surface area contributed by atoms with E-state index in [1.165, 1.54) is 6.07 Å². The molecule has 100 valence electrons. The highest BCUT2D eigenvalue weighted by Crippen LogP contribution is 2.25. The van der Waals surface area contributed by atoms with Crippen LogP contribution in [0.3, 0.4) is 0 Å². The molecule has 0 atom stereocenters. The standard InChI is InChI=1S/C11H12BrF3N2O/c1-17(2)6-7-3-4-8(12)5-9(7)16-10(18)11(13,14)15/h3-5H,6H2,1-2H3,(H,16,18). The number of hydrogen-bond donors (Lipinski definition) is 1. The van der Waals surface area contributed by atoms with Crippen LogP contribution in [0.1, 0.15) is 5.56 Å². The first kappa shape index (κ1) is 15.0. The number of nitrogens with zero attached hydrogens (tertiary/aromatic N) is 1. The second-order valence-electron chi connectivity index (χ2n) is 3.99. The first-order valence-electron chi connectivity index (χ1n) is 5.01. The van der Waals surface area contributed by atoms with Gasteiger partial charge in [-0.15, -0.1) is 0 Å². The van der Waals surface area contributed by atoms with E-state index in [0.717, 1.165) is 0 Å². The monoisotopic (exact) mass is 324 g/mol. The van der Waals surface area contributed by atoms with Crippen LogP contribution >= 0.6 is 15.9 Å². The number of amides is 1. The lowest BCUT2D eigenvalue weighted by Crippen LogP contribution is -2.30. The molecule has 1 N–H and O–H groups in total. The van der Waals surface area contributed by atoms with Gasteiger partial charge in [-0.05, 0) is 31.8 Å². The van der Waals surface area contributed by atoms with Gasteiger partial charge in [0, 0.05) is 16.7 Å². The summed E-state index contributed by atoms with van der Waals surface area (Å²) in [6.45, 7) is 0.431. The zero-order valence-electron chi connectivity index (χ0n) is 9.81. The van der Waals surface area contributed by atoms with E-state index in [9.17, 15) is 18.0 Å². The zero-order chi connectivity index (χ0) is 13.9. The Bertz CT molecular complexity index is 446. The van der Waals surface area contributed by atoms with Gasteiger partial charge in [0.25, 0.3) is 0 Å². The highest BCUT2D eigenvalue weighted by Gasteiger charge is 2.38. The molecule has 3 nitrogen and oxygen atoms in total. The van der Waals surface area contributed by atoms with Crippen LogP contribution < -0.4 is 5.32 Å². The van der Waals surface area contributed by atoms with Gasteiger partial charge in [-0.3, -0.25) is 4.79 Å². The van der Waals surface area contributed by atoms with Gasteiger partial charge in [-0.1, -0.05) is 22.0 Å². The van der Waals surface area contributed by atoms with Gasteiger partial charge < -0.3 is 10.2 Å². The predicted octanol–water partition coefficient (Wildman–Crippen LogP) is 3.01. The third-order valence-electron chi connectivity index (χ3n) is 2.06. The number of hydrogen-bond acceptors (Lipinski definition) is 2. The Morgan fingerprint density at radius 3 is 2.50 bits per heavy atom. The van der Waals surface area contributed by atoms with Crippen molar-refractivity contribution in [1.29, 1.82) is 0 Å².